The van der Waals surface area contributed by atoms with Gasteiger partial charge in [0.1, 0.15) is 17.7 Å². The van der Waals surface area contributed by atoms with Gasteiger partial charge < -0.3 is 20.2 Å². The van der Waals surface area contributed by atoms with Gasteiger partial charge in [0.15, 0.2) is 0 Å². The number of carbonyl (C=O) groups excluding carboxylic acids is 2. The van der Waals surface area contributed by atoms with E-state index in [1.165, 1.54) is 30.5 Å². The van der Waals surface area contributed by atoms with E-state index in [0.29, 0.717) is 11.3 Å². The van der Waals surface area contributed by atoms with E-state index in [-0.39, 0.29) is 25.3 Å². The Labute approximate surface area is 132 Å². The Hall–Kier alpha value is -2.67. The molecule has 2 aromatic rings. The van der Waals surface area contributed by atoms with E-state index in [0.717, 1.165) is 0 Å². The van der Waals surface area contributed by atoms with Gasteiger partial charge in [-0.2, -0.15) is 0 Å². The molecule has 3 N–H and O–H groups in total. The predicted octanol–water partition coefficient (Wildman–Crippen LogP) is 1.27. The third-order valence-electron chi connectivity index (χ3n) is 3.15. The summed E-state index contributed by atoms with van der Waals surface area (Å²) in [5, 5.41) is 14.6. The maximum atomic E-state index is 12.7. The van der Waals surface area contributed by atoms with Crippen molar-refractivity contribution in [2.75, 3.05) is 6.54 Å². The molecule has 0 radical (unpaired) electrons. The highest BCUT2D eigenvalue weighted by Crippen LogP contribution is 2.15. The van der Waals surface area contributed by atoms with Gasteiger partial charge in [0, 0.05) is 13.1 Å². The number of furan rings is 1. The van der Waals surface area contributed by atoms with Crippen LogP contribution in [0.1, 0.15) is 23.8 Å². The average molecular weight is 320 g/mol. The van der Waals surface area contributed by atoms with Crippen molar-refractivity contribution in [2.45, 2.75) is 19.1 Å². The highest BCUT2D eigenvalue weighted by Gasteiger charge is 2.15. The molecule has 1 aromatic heterocycles. The van der Waals surface area contributed by atoms with Gasteiger partial charge >= 0.3 is 11.8 Å². The van der Waals surface area contributed by atoms with Crippen LogP contribution < -0.4 is 10.6 Å². The maximum absolute atomic E-state index is 12.7. The SMILES string of the molecule is O=C(NCC[C@@H](O)c1ccco1)C(=O)NCc1ccc(F)cc1. The fourth-order valence-corrected chi connectivity index (χ4v) is 1.89. The number of aliphatic hydroxyl groups is 1. The molecule has 0 saturated carbocycles. The Kier molecular flexibility index (Phi) is 5.87. The second kappa shape index (κ2) is 8.09. The second-order valence-corrected chi connectivity index (χ2v) is 4.88. The number of halogens is 1. The van der Waals surface area contributed by atoms with Crippen LogP contribution in [-0.2, 0) is 16.1 Å². The first kappa shape index (κ1) is 16.7. The summed E-state index contributed by atoms with van der Waals surface area (Å²) >= 11 is 0. The van der Waals surface area contributed by atoms with Crippen molar-refractivity contribution in [1.82, 2.24) is 10.6 Å². The van der Waals surface area contributed by atoms with Gasteiger partial charge in [0.05, 0.1) is 6.26 Å². The molecule has 0 fully saturated rings. The first-order chi connectivity index (χ1) is 11.1. The minimum absolute atomic E-state index is 0.127. The van der Waals surface area contributed by atoms with Crippen molar-refractivity contribution in [3.63, 3.8) is 0 Å². The van der Waals surface area contributed by atoms with Crippen molar-refractivity contribution in [3.05, 3.63) is 59.8 Å². The Bertz CT molecular complexity index is 641. The van der Waals surface area contributed by atoms with Gasteiger partial charge in [0.25, 0.3) is 0 Å². The molecule has 1 aromatic carbocycles. The van der Waals surface area contributed by atoms with Crippen molar-refractivity contribution in [1.29, 1.82) is 0 Å². The largest absolute Gasteiger partial charge is 0.467 e. The normalized spacial score (nSPS) is 11.7. The van der Waals surface area contributed by atoms with Crippen molar-refractivity contribution in [2.24, 2.45) is 0 Å². The number of amides is 2. The van der Waals surface area contributed by atoms with E-state index >= 15 is 0 Å². The molecule has 2 rings (SSSR count). The Morgan fingerprint density at radius 3 is 2.48 bits per heavy atom. The summed E-state index contributed by atoms with van der Waals surface area (Å²) in [6, 6.07) is 8.87. The number of hydrogen-bond donors (Lipinski definition) is 3. The number of rotatable bonds is 6. The molecule has 23 heavy (non-hydrogen) atoms. The van der Waals surface area contributed by atoms with Crippen LogP contribution >= 0.6 is 0 Å². The monoisotopic (exact) mass is 320 g/mol. The number of hydrogen-bond acceptors (Lipinski definition) is 4. The maximum Gasteiger partial charge on any atom is 0.309 e. The molecule has 0 unspecified atom stereocenters. The molecule has 0 aliphatic heterocycles. The topological polar surface area (TPSA) is 91.6 Å². The summed E-state index contributed by atoms with van der Waals surface area (Å²) in [7, 11) is 0. The molecular weight excluding hydrogens is 303 g/mol. The zero-order valence-corrected chi connectivity index (χ0v) is 12.3. The molecule has 7 heteroatoms. The minimum Gasteiger partial charge on any atom is -0.467 e. The van der Waals surface area contributed by atoms with Gasteiger partial charge in [-0.1, -0.05) is 12.1 Å². The van der Waals surface area contributed by atoms with Crippen molar-refractivity contribution < 1.29 is 23.5 Å². The quantitative estimate of drug-likeness (QED) is 0.699. The second-order valence-electron chi connectivity index (χ2n) is 4.88. The lowest BCUT2D eigenvalue weighted by molar-refractivity contribution is -0.139. The van der Waals surface area contributed by atoms with Crippen LogP contribution in [0.25, 0.3) is 0 Å². The minimum atomic E-state index is -0.840. The lowest BCUT2D eigenvalue weighted by Crippen LogP contribution is -2.40. The molecule has 2 amide bonds. The molecule has 6 nitrogen and oxygen atoms in total. The molecule has 0 spiro atoms. The number of carbonyl (C=O) groups is 2. The Balaban J connectivity index is 1.68. The van der Waals surface area contributed by atoms with Gasteiger partial charge in [-0.3, -0.25) is 9.59 Å². The Morgan fingerprint density at radius 1 is 1.13 bits per heavy atom. The first-order valence-corrected chi connectivity index (χ1v) is 7.08. The van der Waals surface area contributed by atoms with Gasteiger partial charge in [0.2, 0.25) is 0 Å². The summed E-state index contributed by atoms with van der Waals surface area (Å²) in [6.07, 6.45) is 0.831. The van der Waals surface area contributed by atoms with E-state index < -0.39 is 17.9 Å². The highest BCUT2D eigenvalue weighted by molar-refractivity contribution is 6.35. The molecular formula is C16H17FN2O4. The van der Waals surface area contributed by atoms with E-state index in [2.05, 4.69) is 10.6 Å². The van der Waals surface area contributed by atoms with Crippen LogP contribution in [0.15, 0.2) is 47.1 Å². The number of aliphatic hydroxyl groups excluding tert-OH is 1. The number of benzene rings is 1. The number of nitrogens with one attached hydrogen (secondary N) is 2. The van der Waals surface area contributed by atoms with Gasteiger partial charge in [-0.15, -0.1) is 0 Å². The molecule has 122 valence electrons. The lowest BCUT2D eigenvalue weighted by Gasteiger charge is -2.09. The van der Waals surface area contributed by atoms with E-state index in [1.54, 1.807) is 12.1 Å². The van der Waals surface area contributed by atoms with E-state index in [1.807, 2.05) is 0 Å². The van der Waals surface area contributed by atoms with Crippen LogP contribution in [-0.4, -0.2) is 23.5 Å². The standard InChI is InChI=1S/C16H17FN2O4/c17-12-5-3-11(4-6-12)10-19-16(22)15(21)18-8-7-13(20)14-2-1-9-23-14/h1-6,9,13,20H,7-8,10H2,(H,18,21)(H,19,22)/t13-/m1/s1. The lowest BCUT2D eigenvalue weighted by atomic mass is 10.2. The molecule has 0 aliphatic rings. The van der Waals surface area contributed by atoms with Crippen molar-refractivity contribution in [3.8, 4) is 0 Å². The smallest absolute Gasteiger partial charge is 0.309 e. The van der Waals surface area contributed by atoms with Crippen LogP contribution in [0.2, 0.25) is 0 Å². The molecule has 0 aliphatic carbocycles. The summed E-state index contributed by atoms with van der Waals surface area (Å²) < 4.78 is 17.8. The third-order valence-corrected chi connectivity index (χ3v) is 3.15. The van der Waals surface area contributed by atoms with E-state index in [9.17, 15) is 19.1 Å². The summed E-state index contributed by atoms with van der Waals surface area (Å²) in [5.74, 6) is -1.55. The molecule has 0 bridgehead atoms. The van der Waals surface area contributed by atoms with Crippen molar-refractivity contribution >= 4 is 11.8 Å². The molecule has 0 saturated heterocycles. The van der Waals surface area contributed by atoms with E-state index in [4.69, 9.17) is 4.42 Å². The average Bonchev–Trinajstić information content (AvgIpc) is 3.08. The zero-order valence-electron chi connectivity index (χ0n) is 12.3. The fraction of sp³-hybridized carbons (Fsp3) is 0.250. The van der Waals surface area contributed by atoms with Gasteiger partial charge in [-0.05, 0) is 36.2 Å². The van der Waals surface area contributed by atoms with Crippen LogP contribution in [0.3, 0.4) is 0 Å². The van der Waals surface area contributed by atoms with Crippen LogP contribution in [0.4, 0.5) is 4.39 Å². The summed E-state index contributed by atoms with van der Waals surface area (Å²) in [6.45, 7) is 0.256. The molecule has 1 heterocycles. The highest BCUT2D eigenvalue weighted by atomic mass is 19.1. The van der Waals surface area contributed by atoms with Crippen LogP contribution in [0, 0.1) is 5.82 Å². The fourth-order valence-electron chi connectivity index (χ4n) is 1.89. The third kappa shape index (κ3) is 5.23. The first-order valence-electron chi connectivity index (χ1n) is 7.08. The molecule has 1 atom stereocenters. The van der Waals surface area contributed by atoms with Gasteiger partial charge in [-0.25, -0.2) is 4.39 Å². The Morgan fingerprint density at radius 2 is 1.83 bits per heavy atom. The summed E-state index contributed by atoms with van der Waals surface area (Å²) in [5.41, 5.74) is 0.681. The predicted molar refractivity (Wildman–Crippen MR) is 79.5 cm³/mol. The van der Waals surface area contributed by atoms with Crippen LogP contribution in [0.5, 0.6) is 0 Å². The summed E-state index contributed by atoms with van der Waals surface area (Å²) in [4.78, 5) is 23.2. The zero-order chi connectivity index (χ0) is 16.7.